The van der Waals surface area contributed by atoms with Crippen LogP contribution < -0.4 is 5.32 Å². The van der Waals surface area contributed by atoms with Crippen molar-refractivity contribution in [2.75, 3.05) is 5.32 Å². The van der Waals surface area contributed by atoms with Crippen LogP contribution in [0.15, 0.2) is 29.2 Å². The highest BCUT2D eigenvalue weighted by atomic mass is 32.2. The van der Waals surface area contributed by atoms with Crippen LogP contribution in [0.25, 0.3) is 0 Å². The van der Waals surface area contributed by atoms with Crippen molar-refractivity contribution in [3.05, 3.63) is 24.3 Å². The quantitative estimate of drug-likeness (QED) is 0.880. The predicted octanol–water partition coefficient (Wildman–Crippen LogP) is 3.62. The summed E-state index contributed by atoms with van der Waals surface area (Å²) < 4.78 is 27.5. The highest BCUT2D eigenvalue weighted by molar-refractivity contribution is 7.89. The third-order valence-corrected chi connectivity index (χ3v) is 6.56. The van der Waals surface area contributed by atoms with Crippen molar-refractivity contribution in [2.45, 2.75) is 70.4 Å². The summed E-state index contributed by atoms with van der Waals surface area (Å²) in [5, 5.41) is 2.80. The van der Waals surface area contributed by atoms with Gasteiger partial charge in [-0.15, -0.1) is 0 Å². The number of nitrogens with one attached hydrogen (secondary N) is 1. The third-order valence-electron chi connectivity index (χ3n) is 4.42. The van der Waals surface area contributed by atoms with Gasteiger partial charge in [0, 0.05) is 24.2 Å². The average molecular weight is 353 g/mol. The maximum absolute atomic E-state index is 12.9. The zero-order valence-corrected chi connectivity index (χ0v) is 15.8. The molecule has 0 unspecified atom stereocenters. The van der Waals surface area contributed by atoms with E-state index in [0.29, 0.717) is 12.1 Å². The van der Waals surface area contributed by atoms with E-state index in [0.717, 1.165) is 19.3 Å². The molecule has 1 aromatic carbocycles. The van der Waals surface area contributed by atoms with Gasteiger partial charge in [0.2, 0.25) is 15.9 Å². The molecule has 0 aromatic heterocycles. The molecule has 6 heteroatoms. The highest BCUT2D eigenvalue weighted by Gasteiger charge is 2.35. The van der Waals surface area contributed by atoms with E-state index in [9.17, 15) is 13.2 Å². The second-order valence-corrected chi connectivity index (χ2v) is 8.98. The molecular formula is C18H28N2O3S. The van der Waals surface area contributed by atoms with Crippen molar-refractivity contribution < 1.29 is 13.2 Å². The zero-order valence-electron chi connectivity index (χ0n) is 15.0. The highest BCUT2D eigenvalue weighted by Crippen LogP contribution is 2.29. The molecule has 0 aliphatic carbocycles. The lowest BCUT2D eigenvalue weighted by Crippen LogP contribution is -2.47. The Morgan fingerprint density at radius 3 is 2.21 bits per heavy atom. The predicted molar refractivity (Wildman–Crippen MR) is 96.3 cm³/mol. The van der Waals surface area contributed by atoms with Gasteiger partial charge in [0.05, 0.1) is 4.90 Å². The molecule has 1 heterocycles. The maximum atomic E-state index is 12.9. The van der Waals surface area contributed by atoms with Crippen molar-refractivity contribution in [1.29, 1.82) is 0 Å². The Morgan fingerprint density at radius 1 is 1.17 bits per heavy atom. The molecule has 134 valence electrons. The first-order chi connectivity index (χ1) is 11.2. The van der Waals surface area contributed by atoms with E-state index in [4.69, 9.17) is 0 Å². The minimum absolute atomic E-state index is 0.0178. The summed E-state index contributed by atoms with van der Waals surface area (Å²) in [5.41, 5.74) is 0.624. The molecule has 1 saturated heterocycles. The number of anilines is 1. The van der Waals surface area contributed by atoms with E-state index in [-0.39, 0.29) is 28.8 Å². The number of carbonyl (C=O) groups excluding carboxylic acids is 1. The van der Waals surface area contributed by atoms with E-state index in [2.05, 4.69) is 5.32 Å². The summed E-state index contributed by atoms with van der Waals surface area (Å²) in [5.74, 6) is 0.227. The zero-order chi connectivity index (χ0) is 17.9. The molecular weight excluding hydrogens is 324 g/mol. The van der Waals surface area contributed by atoms with Crippen LogP contribution in [0.5, 0.6) is 0 Å². The van der Waals surface area contributed by atoms with E-state index >= 15 is 0 Å². The number of hydrogen-bond donors (Lipinski definition) is 1. The second-order valence-electron chi connectivity index (χ2n) is 7.13. The number of sulfonamides is 1. The van der Waals surface area contributed by atoms with Gasteiger partial charge in [0.1, 0.15) is 0 Å². The summed E-state index contributed by atoms with van der Waals surface area (Å²) in [6.07, 6.45) is 3.30. The Hall–Kier alpha value is -1.40. The van der Waals surface area contributed by atoms with Crippen molar-refractivity contribution in [3.8, 4) is 0 Å². The number of carbonyl (C=O) groups is 1. The van der Waals surface area contributed by atoms with Gasteiger partial charge >= 0.3 is 0 Å². The van der Waals surface area contributed by atoms with Crippen LogP contribution in [0.1, 0.15) is 53.4 Å². The Morgan fingerprint density at radius 2 is 1.71 bits per heavy atom. The molecule has 0 saturated carbocycles. The monoisotopic (exact) mass is 352 g/mol. The fourth-order valence-corrected chi connectivity index (χ4v) is 5.17. The number of benzene rings is 1. The van der Waals surface area contributed by atoms with E-state index in [1.807, 2.05) is 27.7 Å². The van der Waals surface area contributed by atoms with Crippen LogP contribution in [-0.2, 0) is 14.8 Å². The molecule has 1 aliphatic rings. The topological polar surface area (TPSA) is 66.5 Å². The lowest BCUT2D eigenvalue weighted by molar-refractivity contribution is -0.116. The Bertz CT molecular complexity index is 658. The van der Waals surface area contributed by atoms with Crippen LogP contribution >= 0.6 is 0 Å². The fourth-order valence-electron chi connectivity index (χ4n) is 3.29. The Labute approximate surface area is 145 Å². The average Bonchev–Trinajstić information content (AvgIpc) is 2.46. The fraction of sp³-hybridized carbons (Fsp3) is 0.611. The molecule has 24 heavy (non-hydrogen) atoms. The molecule has 1 aliphatic heterocycles. The van der Waals surface area contributed by atoms with Crippen LogP contribution in [0.2, 0.25) is 0 Å². The van der Waals surface area contributed by atoms with Gasteiger partial charge in [-0.05, 0) is 56.9 Å². The SMILES string of the molecule is CC(C)CC(=O)Nc1ccc(S(=O)(=O)N2[C@@H](C)CCC[C@@H]2C)cc1. The number of hydrogen-bond acceptors (Lipinski definition) is 3. The van der Waals surface area contributed by atoms with E-state index in [1.54, 1.807) is 28.6 Å². The van der Waals surface area contributed by atoms with Gasteiger partial charge in [-0.25, -0.2) is 8.42 Å². The van der Waals surface area contributed by atoms with Gasteiger partial charge in [-0.1, -0.05) is 20.3 Å². The largest absolute Gasteiger partial charge is 0.326 e. The van der Waals surface area contributed by atoms with Crippen LogP contribution in [0, 0.1) is 5.92 Å². The molecule has 2 atom stereocenters. The number of nitrogens with zero attached hydrogens (tertiary/aromatic N) is 1. The standard InChI is InChI=1S/C18H28N2O3S/c1-13(2)12-18(21)19-16-8-10-17(11-9-16)24(22,23)20-14(3)6-5-7-15(20)4/h8-11,13-15H,5-7,12H2,1-4H3,(H,19,21)/t14-,15-/m0/s1. The molecule has 5 nitrogen and oxygen atoms in total. The van der Waals surface area contributed by atoms with Gasteiger partial charge in [-0.3, -0.25) is 4.79 Å². The van der Waals surface area contributed by atoms with Crippen LogP contribution in [0.4, 0.5) is 5.69 Å². The molecule has 0 bridgehead atoms. The van der Waals surface area contributed by atoms with E-state index < -0.39 is 10.0 Å². The first-order valence-electron chi connectivity index (χ1n) is 8.65. The van der Waals surface area contributed by atoms with Gasteiger partial charge in [-0.2, -0.15) is 4.31 Å². The molecule has 0 spiro atoms. The van der Waals surface area contributed by atoms with Crippen molar-refractivity contribution in [3.63, 3.8) is 0 Å². The Kier molecular flexibility index (Phi) is 6.04. The molecule has 1 amide bonds. The lowest BCUT2D eigenvalue weighted by atomic mass is 10.0. The molecule has 1 N–H and O–H groups in total. The van der Waals surface area contributed by atoms with Crippen LogP contribution in [-0.4, -0.2) is 30.7 Å². The minimum Gasteiger partial charge on any atom is -0.326 e. The molecule has 0 radical (unpaired) electrons. The summed E-state index contributed by atoms with van der Waals surface area (Å²) >= 11 is 0. The number of amides is 1. The summed E-state index contributed by atoms with van der Waals surface area (Å²) in [7, 11) is -3.50. The maximum Gasteiger partial charge on any atom is 0.243 e. The first kappa shape index (κ1) is 18.9. The van der Waals surface area contributed by atoms with Gasteiger partial charge in [0.25, 0.3) is 0 Å². The second kappa shape index (κ2) is 7.66. The lowest BCUT2D eigenvalue weighted by Gasteiger charge is -2.37. The molecule has 1 fully saturated rings. The van der Waals surface area contributed by atoms with Gasteiger partial charge in [0.15, 0.2) is 0 Å². The normalized spacial score (nSPS) is 22.5. The first-order valence-corrected chi connectivity index (χ1v) is 10.1. The van der Waals surface area contributed by atoms with Crippen LogP contribution in [0.3, 0.4) is 0 Å². The minimum atomic E-state index is -3.50. The number of piperidine rings is 1. The third kappa shape index (κ3) is 4.36. The van der Waals surface area contributed by atoms with Crippen molar-refractivity contribution in [2.24, 2.45) is 5.92 Å². The molecule has 2 rings (SSSR count). The summed E-state index contributed by atoms with van der Waals surface area (Å²) in [6.45, 7) is 7.90. The summed E-state index contributed by atoms with van der Waals surface area (Å²) in [6, 6.07) is 6.51. The van der Waals surface area contributed by atoms with Gasteiger partial charge < -0.3 is 5.32 Å². The number of rotatable bonds is 5. The molecule has 1 aromatic rings. The smallest absolute Gasteiger partial charge is 0.243 e. The Balaban J connectivity index is 2.15. The summed E-state index contributed by atoms with van der Waals surface area (Å²) in [4.78, 5) is 12.1. The van der Waals surface area contributed by atoms with Crippen molar-refractivity contribution >= 4 is 21.6 Å². The van der Waals surface area contributed by atoms with E-state index in [1.165, 1.54) is 0 Å². The van der Waals surface area contributed by atoms with Crippen molar-refractivity contribution in [1.82, 2.24) is 4.31 Å².